The highest BCUT2D eigenvalue weighted by molar-refractivity contribution is 7.87. The molecular weight excluding hydrogens is 504 g/mol. The van der Waals surface area contributed by atoms with E-state index in [0.29, 0.717) is 0 Å². The van der Waals surface area contributed by atoms with E-state index in [1.165, 1.54) is 0 Å². The molecule has 33 heavy (non-hydrogen) atoms. The summed E-state index contributed by atoms with van der Waals surface area (Å²) in [6, 6.07) is 10.9. The van der Waals surface area contributed by atoms with Crippen LogP contribution in [-0.4, -0.2) is 26.7 Å². The molecule has 0 unspecified atom stereocenters. The summed E-state index contributed by atoms with van der Waals surface area (Å²) in [4.78, 5) is 19.2. The van der Waals surface area contributed by atoms with Crippen LogP contribution in [0.15, 0.2) is 76.5 Å². The maximum absolute atomic E-state index is 12.5. The molecule has 0 atom stereocenters. The first-order chi connectivity index (χ1) is 15.4. The zero-order chi connectivity index (χ0) is 24.4. The molecule has 0 aliphatic carbocycles. The van der Waals surface area contributed by atoms with Crippen molar-refractivity contribution >= 4 is 43.2 Å². The highest BCUT2D eigenvalue weighted by Gasteiger charge is 2.22. The van der Waals surface area contributed by atoms with Crippen LogP contribution >= 0.6 is 11.6 Å². The van der Waals surface area contributed by atoms with E-state index in [1.54, 1.807) is 0 Å². The fourth-order valence-electron chi connectivity index (χ4n) is 2.41. The Labute approximate surface area is 191 Å². The summed E-state index contributed by atoms with van der Waals surface area (Å²) in [5.74, 6) is -0.821. The lowest BCUT2D eigenvalue weighted by molar-refractivity contribution is -0.385. The van der Waals surface area contributed by atoms with Gasteiger partial charge in [0.05, 0.1) is 14.9 Å². The van der Waals surface area contributed by atoms with Gasteiger partial charge in [-0.05, 0) is 36.4 Å². The first-order valence-electron chi connectivity index (χ1n) is 8.56. The van der Waals surface area contributed by atoms with Crippen LogP contribution in [0.4, 0.5) is 11.4 Å². The van der Waals surface area contributed by atoms with E-state index in [2.05, 4.69) is 0 Å². The van der Waals surface area contributed by atoms with Crippen LogP contribution in [0.5, 0.6) is 11.5 Å². The van der Waals surface area contributed by atoms with Gasteiger partial charge in [-0.1, -0.05) is 11.6 Å². The van der Waals surface area contributed by atoms with Crippen molar-refractivity contribution in [3.63, 3.8) is 0 Å². The molecule has 0 aromatic heterocycles. The van der Waals surface area contributed by atoms with E-state index in [-0.39, 0.29) is 27.0 Å². The van der Waals surface area contributed by atoms with Gasteiger partial charge in [0.1, 0.15) is 15.5 Å². The average molecular weight is 515 g/mol. The van der Waals surface area contributed by atoms with Crippen LogP contribution in [0.2, 0.25) is 5.02 Å². The standard InChI is InChI=1S/C18H11ClN2O10S2/c19-17-10-5-14(30-32(26,27)15-6-1-12(2-7-15)20(22)23)11-18(17)31-33(28,29)16-8-3-13(4-9-16)21(24)25/h1-11H. The van der Waals surface area contributed by atoms with Gasteiger partial charge in [-0.2, -0.15) is 16.8 Å². The van der Waals surface area contributed by atoms with Crippen molar-refractivity contribution in [2.24, 2.45) is 0 Å². The molecule has 172 valence electrons. The van der Waals surface area contributed by atoms with Gasteiger partial charge in [0.25, 0.3) is 11.4 Å². The summed E-state index contributed by atoms with van der Waals surface area (Å²) in [5.41, 5.74) is -0.661. The Morgan fingerprint density at radius 1 is 0.667 bits per heavy atom. The highest BCUT2D eigenvalue weighted by atomic mass is 35.5. The lowest BCUT2D eigenvalue weighted by atomic mass is 10.3. The van der Waals surface area contributed by atoms with Crippen LogP contribution in [0, 0.1) is 20.2 Å². The molecule has 0 heterocycles. The summed E-state index contributed by atoms with van der Waals surface area (Å²) in [6.45, 7) is 0. The largest absolute Gasteiger partial charge is 0.379 e. The van der Waals surface area contributed by atoms with Crippen LogP contribution in [0.3, 0.4) is 0 Å². The fraction of sp³-hybridized carbons (Fsp3) is 0. The molecule has 3 aromatic carbocycles. The van der Waals surface area contributed by atoms with Crippen LogP contribution < -0.4 is 8.37 Å². The van der Waals surface area contributed by atoms with E-state index >= 15 is 0 Å². The Kier molecular flexibility index (Phi) is 6.53. The smallest absolute Gasteiger partial charge is 0.339 e. The topological polar surface area (TPSA) is 173 Å². The van der Waals surface area contributed by atoms with Gasteiger partial charge in [0, 0.05) is 30.3 Å². The third-order valence-corrected chi connectivity index (χ3v) is 6.80. The molecule has 0 saturated heterocycles. The molecule has 0 fully saturated rings. The fourth-order valence-corrected chi connectivity index (χ4v) is 4.47. The Morgan fingerprint density at radius 3 is 1.52 bits per heavy atom. The van der Waals surface area contributed by atoms with E-state index < -0.39 is 40.7 Å². The molecule has 0 aliphatic rings. The van der Waals surface area contributed by atoms with Crippen molar-refractivity contribution in [1.29, 1.82) is 0 Å². The van der Waals surface area contributed by atoms with Crippen LogP contribution in [0.25, 0.3) is 0 Å². The molecule has 0 aliphatic heterocycles. The highest BCUT2D eigenvalue weighted by Crippen LogP contribution is 2.33. The second-order valence-electron chi connectivity index (χ2n) is 6.17. The number of hydrogen-bond donors (Lipinski definition) is 0. The lowest BCUT2D eigenvalue weighted by Gasteiger charge is -2.11. The Bertz CT molecular complexity index is 1440. The molecule has 0 amide bonds. The summed E-state index contributed by atoms with van der Waals surface area (Å²) in [5, 5.41) is 21.2. The quantitative estimate of drug-likeness (QED) is 0.245. The van der Waals surface area contributed by atoms with Crippen molar-refractivity contribution in [3.05, 3.63) is 92.0 Å². The molecule has 12 nitrogen and oxygen atoms in total. The zero-order valence-electron chi connectivity index (χ0n) is 16.0. The SMILES string of the molecule is O=[N+]([O-])c1ccc(S(=O)(=O)Oc2ccc(Cl)c(OS(=O)(=O)c3ccc([N+](=O)[O-])cc3)c2)cc1. The maximum atomic E-state index is 12.5. The minimum Gasteiger partial charge on any atom is -0.379 e. The Balaban J connectivity index is 1.85. The first-order valence-corrected chi connectivity index (χ1v) is 11.8. The monoisotopic (exact) mass is 514 g/mol. The normalized spacial score (nSPS) is 11.5. The third-order valence-electron chi connectivity index (χ3n) is 3.98. The first kappa shape index (κ1) is 23.9. The maximum Gasteiger partial charge on any atom is 0.339 e. The molecule has 0 radical (unpaired) electrons. The molecule has 0 N–H and O–H groups in total. The number of nitro groups is 2. The molecule has 3 aromatic rings. The molecule has 0 bridgehead atoms. The second-order valence-corrected chi connectivity index (χ2v) is 9.67. The number of hydrogen-bond acceptors (Lipinski definition) is 10. The minimum atomic E-state index is -4.48. The predicted molar refractivity (Wildman–Crippen MR) is 113 cm³/mol. The van der Waals surface area contributed by atoms with Gasteiger partial charge in [-0.3, -0.25) is 20.2 Å². The number of halogens is 1. The third kappa shape index (κ3) is 5.54. The van der Waals surface area contributed by atoms with Crippen LogP contribution in [-0.2, 0) is 20.2 Å². The molecule has 0 spiro atoms. The average Bonchev–Trinajstić information content (AvgIpc) is 2.76. The molecule has 0 saturated carbocycles. The van der Waals surface area contributed by atoms with Gasteiger partial charge in [-0.15, -0.1) is 0 Å². The van der Waals surface area contributed by atoms with E-state index in [9.17, 15) is 37.1 Å². The summed E-state index contributed by atoms with van der Waals surface area (Å²) < 4.78 is 59.7. The summed E-state index contributed by atoms with van der Waals surface area (Å²) in [6.07, 6.45) is 0. The van der Waals surface area contributed by atoms with E-state index in [4.69, 9.17) is 20.0 Å². The van der Waals surface area contributed by atoms with Gasteiger partial charge in [0.15, 0.2) is 5.75 Å². The number of benzene rings is 3. The van der Waals surface area contributed by atoms with Crippen LogP contribution in [0.1, 0.15) is 0 Å². The van der Waals surface area contributed by atoms with Gasteiger partial charge < -0.3 is 8.37 Å². The van der Waals surface area contributed by atoms with Crippen molar-refractivity contribution in [2.45, 2.75) is 9.79 Å². The van der Waals surface area contributed by atoms with Crippen molar-refractivity contribution in [1.82, 2.24) is 0 Å². The lowest BCUT2D eigenvalue weighted by Crippen LogP contribution is -2.12. The van der Waals surface area contributed by atoms with Gasteiger partial charge in [-0.25, -0.2) is 0 Å². The van der Waals surface area contributed by atoms with E-state index in [0.717, 1.165) is 66.7 Å². The summed E-state index contributed by atoms with van der Waals surface area (Å²) in [7, 11) is -8.91. The number of nitro benzene ring substituents is 2. The molecular formula is C18H11ClN2O10S2. The van der Waals surface area contributed by atoms with Crippen molar-refractivity contribution in [2.75, 3.05) is 0 Å². The van der Waals surface area contributed by atoms with Gasteiger partial charge >= 0.3 is 20.2 Å². The Morgan fingerprint density at radius 2 is 1.09 bits per heavy atom. The predicted octanol–water partition coefficient (Wildman–Crippen LogP) is 3.69. The van der Waals surface area contributed by atoms with Crippen molar-refractivity contribution < 1.29 is 35.0 Å². The molecule has 15 heteroatoms. The van der Waals surface area contributed by atoms with Gasteiger partial charge in [0.2, 0.25) is 0 Å². The summed E-state index contributed by atoms with van der Waals surface area (Å²) >= 11 is 5.94. The Hall–Kier alpha value is -3.75. The number of rotatable bonds is 8. The number of nitrogens with zero attached hydrogens (tertiary/aromatic N) is 2. The number of non-ortho nitro benzene ring substituents is 2. The second kappa shape index (κ2) is 9.01. The minimum absolute atomic E-state index is 0.194. The zero-order valence-corrected chi connectivity index (χ0v) is 18.4. The molecule has 3 rings (SSSR count). The van der Waals surface area contributed by atoms with Crippen molar-refractivity contribution in [3.8, 4) is 11.5 Å². The van der Waals surface area contributed by atoms with E-state index in [1.807, 2.05) is 0 Å².